The number of ether oxygens (including phenoxy) is 2. The molecule has 0 fully saturated rings. The molecule has 3 nitrogen and oxygen atoms in total. The van der Waals surface area contributed by atoms with Crippen LogP contribution < -0.4 is 4.74 Å². The zero-order valence-electron chi connectivity index (χ0n) is 9.71. The van der Waals surface area contributed by atoms with E-state index < -0.39 is 0 Å². The van der Waals surface area contributed by atoms with Crippen LogP contribution in [0.3, 0.4) is 0 Å². The van der Waals surface area contributed by atoms with Crippen LogP contribution in [0.25, 0.3) is 0 Å². The molecule has 17 heavy (non-hydrogen) atoms. The summed E-state index contributed by atoms with van der Waals surface area (Å²) in [6, 6.07) is 3.70. The summed E-state index contributed by atoms with van der Waals surface area (Å²) in [4.78, 5) is 0. The lowest BCUT2D eigenvalue weighted by atomic mass is 10.2. The summed E-state index contributed by atoms with van der Waals surface area (Å²) >= 11 is 6.85. The molecule has 0 atom stereocenters. The molecule has 0 unspecified atom stereocenters. The van der Waals surface area contributed by atoms with Gasteiger partial charge in [-0.05, 0) is 56.5 Å². The molecule has 0 heterocycles. The molecule has 0 bridgehead atoms. The van der Waals surface area contributed by atoms with E-state index in [0.29, 0.717) is 13.2 Å². The maximum atomic E-state index is 9.05. The molecule has 0 aliphatic heterocycles. The van der Waals surface area contributed by atoms with Crippen LogP contribution in [0.1, 0.15) is 18.9 Å². The van der Waals surface area contributed by atoms with Gasteiger partial charge in [-0.2, -0.15) is 0 Å². The minimum absolute atomic E-state index is 0.0157. The van der Waals surface area contributed by atoms with Crippen LogP contribution in [-0.2, 0) is 11.3 Å². The van der Waals surface area contributed by atoms with E-state index in [1.54, 1.807) is 0 Å². The Labute approximate surface area is 118 Å². The van der Waals surface area contributed by atoms with Crippen molar-refractivity contribution in [1.29, 1.82) is 0 Å². The lowest BCUT2D eigenvalue weighted by Gasteiger charge is -2.11. The molecule has 0 radical (unpaired) electrons. The zero-order valence-corrected chi connectivity index (χ0v) is 12.9. The van der Waals surface area contributed by atoms with Crippen molar-refractivity contribution in [3.8, 4) is 5.75 Å². The van der Waals surface area contributed by atoms with Gasteiger partial charge in [0.25, 0.3) is 0 Å². The summed E-state index contributed by atoms with van der Waals surface area (Å²) in [5.74, 6) is 0.763. The number of aliphatic hydroxyl groups excluding tert-OH is 1. The van der Waals surface area contributed by atoms with Crippen LogP contribution >= 0.6 is 31.9 Å². The second kappa shape index (κ2) is 8.08. The van der Waals surface area contributed by atoms with Crippen molar-refractivity contribution in [3.63, 3.8) is 0 Å². The summed E-state index contributed by atoms with van der Waals surface area (Å²) in [7, 11) is 0. The van der Waals surface area contributed by atoms with Gasteiger partial charge in [-0.15, -0.1) is 0 Å². The average Bonchev–Trinajstić information content (AvgIpc) is 2.31. The van der Waals surface area contributed by atoms with E-state index in [-0.39, 0.29) is 6.61 Å². The number of halogens is 2. The average molecular weight is 368 g/mol. The molecule has 0 aliphatic rings. The first kappa shape index (κ1) is 15.0. The first-order valence-corrected chi connectivity index (χ1v) is 7.07. The summed E-state index contributed by atoms with van der Waals surface area (Å²) in [5.41, 5.74) is 0.838. The van der Waals surface area contributed by atoms with Gasteiger partial charge >= 0.3 is 0 Å². The number of hydrogen-bond donors (Lipinski definition) is 1. The van der Waals surface area contributed by atoms with Gasteiger partial charge in [0.05, 0.1) is 22.2 Å². The van der Waals surface area contributed by atoms with Crippen molar-refractivity contribution >= 4 is 31.9 Å². The Hall–Kier alpha value is -0.100. The molecule has 0 spiro atoms. The van der Waals surface area contributed by atoms with Crippen LogP contribution in [0.4, 0.5) is 0 Å². The molecule has 0 aromatic heterocycles. The van der Waals surface area contributed by atoms with Crippen molar-refractivity contribution in [2.75, 3.05) is 19.8 Å². The van der Waals surface area contributed by atoms with Crippen LogP contribution in [0.2, 0.25) is 0 Å². The number of rotatable bonds is 7. The lowest BCUT2D eigenvalue weighted by molar-refractivity contribution is 0.130. The van der Waals surface area contributed by atoms with Gasteiger partial charge in [0.15, 0.2) is 0 Å². The molecule has 1 aromatic rings. The highest BCUT2D eigenvalue weighted by atomic mass is 79.9. The predicted octanol–water partition coefficient (Wildman–Crippen LogP) is 3.51. The maximum Gasteiger partial charge on any atom is 0.147 e. The summed E-state index contributed by atoms with van der Waals surface area (Å²) in [5, 5.41) is 9.05. The molecule has 1 aromatic carbocycles. The predicted molar refractivity (Wildman–Crippen MR) is 74.4 cm³/mol. The standard InChI is InChI=1S/C12H16Br2O3/c1-2-16-4-3-5-17-12-10(13)6-9(8-15)7-11(12)14/h6-7,15H,2-5,8H2,1H3. The first-order chi connectivity index (χ1) is 8.19. The molecule has 1 N–H and O–H groups in total. The van der Waals surface area contributed by atoms with Crippen molar-refractivity contribution in [2.45, 2.75) is 20.0 Å². The van der Waals surface area contributed by atoms with Gasteiger partial charge in [-0.1, -0.05) is 0 Å². The van der Waals surface area contributed by atoms with Crippen molar-refractivity contribution in [1.82, 2.24) is 0 Å². The molecule has 96 valence electrons. The lowest BCUT2D eigenvalue weighted by Crippen LogP contribution is -2.04. The van der Waals surface area contributed by atoms with E-state index in [0.717, 1.165) is 33.3 Å². The van der Waals surface area contributed by atoms with Crippen LogP contribution in [0.15, 0.2) is 21.1 Å². The maximum absolute atomic E-state index is 9.05. The van der Waals surface area contributed by atoms with E-state index in [2.05, 4.69) is 31.9 Å². The Kier molecular flexibility index (Phi) is 7.11. The third-order valence-electron chi connectivity index (χ3n) is 2.12. The number of benzene rings is 1. The minimum atomic E-state index is 0.0157. The largest absolute Gasteiger partial charge is 0.491 e. The third-order valence-corrected chi connectivity index (χ3v) is 3.30. The van der Waals surface area contributed by atoms with Crippen molar-refractivity contribution in [2.24, 2.45) is 0 Å². The zero-order chi connectivity index (χ0) is 12.7. The van der Waals surface area contributed by atoms with Gasteiger partial charge in [0.2, 0.25) is 0 Å². The van der Waals surface area contributed by atoms with E-state index in [1.165, 1.54) is 0 Å². The Morgan fingerprint density at radius 2 is 1.82 bits per heavy atom. The summed E-state index contributed by atoms with van der Waals surface area (Å²) in [6.07, 6.45) is 0.856. The van der Waals surface area contributed by atoms with Crippen LogP contribution in [-0.4, -0.2) is 24.9 Å². The highest BCUT2D eigenvalue weighted by Gasteiger charge is 2.08. The highest BCUT2D eigenvalue weighted by Crippen LogP contribution is 2.34. The molecule has 0 saturated heterocycles. The Bertz CT molecular complexity index is 333. The Morgan fingerprint density at radius 3 is 2.35 bits per heavy atom. The Morgan fingerprint density at radius 1 is 1.18 bits per heavy atom. The SMILES string of the molecule is CCOCCCOc1c(Br)cc(CO)cc1Br. The fourth-order valence-corrected chi connectivity index (χ4v) is 2.83. The van der Waals surface area contributed by atoms with Crippen LogP contribution in [0, 0.1) is 0 Å². The van der Waals surface area contributed by atoms with Gasteiger partial charge < -0.3 is 14.6 Å². The van der Waals surface area contributed by atoms with E-state index in [4.69, 9.17) is 14.6 Å². The van der Waals surface area contributed by atoms with Gasteiger partial charge in [-0.3, -0.25) is 0 Å². The van der Waals surface area contributed by atoms with Gasteiger partial charge in [0, 0.05) is 19.6 Å². The molecular weight excluding hydrogens is 352 g/mol. The van der Waals surface area contributed by atoms with Crippen molar-refractivity contribution in [3.05, 3.63) is 26.6 Å². The molecule has 5 heteroatoms. The quantitative estimate of drug-likeness (QED) is 0.749. The fraction of sp³-hybridized carbons (Fsp3) is 0.500. The molecular formula is C12H16Br2O3. The second-order valence-corrected chi connectivity index (χ2v) is 5.15. The smallest absolute Gasteiger partial charge is 0.147 e. The Balaban J connectivity index is 2.53. The highest BCUT2D eigenvalue weighted by molar-refractivity contribution is 9.11. The minimum Gasteiger partial charge on any atom is -0.491 e. The molecule has 0 saturated carbocycles. The summed E-state index contributed by atoms with van der Waals surface area (Å²) in [6.45, 7) is 4.04. The third kappa shape index (κ3) is 4.95. The molecule has 1 rings (SSSR count). The second-order valence-electron chi connectivity index (χ2n) is 3.45. The molecule has 0 amide bonds. The topological polar surface area (TPSA) is 38.7 Å². The van der Waals surface area contributed by atoms with E-state index >= 15 is 0 Å². The fourth-order valence-electron chi connectivity index (χ4n) is 1.32. The van der Waals surface area contributed by atoms with Crippen molar-refractivity contribution < 1.29 is 14.6 Å². The number of aliphatic hydroxyl groups is 1. The summed E-state index contributed by atoms with van der Waals surface area (Å²) < 4.78 is 12.6. The molecule has 0 aliphatic carbocycles. The van der Waals surface area contributed by atoms with Gasteiger partial charge in [-0.25, -0.2) is 0 Å². The van der Waals surface area contributed by atoms with E-state index in [9.17, 15) is 0 Å². The normalized spacial score (nSPS) is 10.6. The van der Waals surface area contributed by atoms with Crippen LogP contribution in [0.5, 0.6) is 5.75 Å². The first-order valence-electron chi connectivity index (χ1n) is 5.48. The monoisotopic (exact) mass is 366 g/mol. The van der Waals surface area contributed by atoms with E-state index in [1.807, 2.05) is 19.1 Å². The van der Waals surface area contributed by atoms with Gasteiger partial charge in [0.1, 0.15) is 5.75 Å². The number of hydrogen-bond acceptors (Lipinski definition) is 3.